The van der Waals surface area contributed by atoms with Crippen molar-refractivity contribution in [3.05, 3.63) is 48.0 Å². The maximum atomic E-state index is 10.2. The molecular weight excluding hydrogens is 196 g/mol. The Bertz CT molecular complexity index is 315. The van der Waals surface area contributed by atoms with Gasteiger partial charge < -0.3 is 5.11 Å². The number of hydrogen-bond acceptors (Lipinski definition) is 1. The van der Waals surface area contributed by atoms with Crippen LogP contribution in [0.5, 0.6) is 0 Å². The molecule has 0 fully saturated rings. The first-order valence-electron chi connectivity index (χ1n) is 6.08. The third-order valence-corrected chi connectivity index (χ3v) is 3.13. The first kappa shape index (κ1) is 13.0. The monoisotopic (exact) mass is 218 g/mol. The Morgan fingerprint density at radius 2 is 1.88 bits per heavy atom. The molecule has 0 saturated carbocycles. The largest absolute Gasteiger partial charge is 0.392 e. The highest BCUT2D eigenvalue weighted by atomic mass is 16.3. The molecule has 0 radical (unpaired) electrons. The Labute approximate surface area is 98.8 Å². The van der Waals surface area contributed by atoms with Crippen molar-refractivity contribution in [2.75, 3.05) is 0 Å². The van der Waals surface area contributed by atoms with Crippen molar-refractivity contribution >= 4 is 0 Å². The maximum absolute atomic E-state index is 10.2. The molecule has 1 rings (SSSR count). The van der Waals surface area contributed by atoms with Gasteiger partial charge >= 0.3 is 0 Å². The summed E-state index contributed by atoms with van der Waals surface area (Å²) in [5.41, 5.74) is 2.35. The Morgan fingerprint density at radius 3 is 2.38 bits per heavy atom. The minimum atomic E-state index is -0.306. The molecule has 2 unspecified atom stereocenters. The number of rotatable bonds is 6. The summed E-state index contributed by atoms with van der Waals surface area (Å²) in [5, 5.41) is 10.2. The van der Waals surface area contributed by atoms with Crippen LogP contribution in [-0.2, 0) is 0 Å². The van der Waals surface area contributed by atoms with Crippen LogP contribution in [0.25, 0.3) is 0 Å². The second-order valence-corrected chi connectivity index (χ2v) is 4.30. The molecule has 1 nitrogen and oxygen atoms in total. The molecule has 16 heavy (non-hydrogen) atoms. The Morgan fingerprint density at radius 1 is 1.25 bits per heavy atom. The van der Waals surface area contributed by atoms with Gasteiger partial charge in [-0.05, 0) is 24.8 Å². The Kier molecular flexibility index (Phi) is 5.27. The van der Waals surface area contributed by atoms with Gasteiger partial charge in [0.25, 0.3) is 0 Å². The van der Waals surface area contributed by atoms with E-state index in [0.717, 1.165) is 18.4 Å². The van der Waals surface area contributed by atoms with Crippen LogP contribution >= 0.6 is 0 Å². The van der Waals surface area contributed by atoms with Crippen molar-refractivity contribution in [2.24, 2.45) is 0 Å². The molecule has 0 aliphatic carbocycles. The molecule has 0 saturated heterocycles. The summed E-state index contributed by atoms with van der Waals surface area (Å²) < 4.78 is 0. The second-order valence-electron chi connectivity index (χ2n) is 4.30. The highest BCUT2D eigenvalue weighted by Crippen LogP contribution is 2.27. The molecule has 0 amide bonds. The molecule has 1 aromatic carbocycles. The van der Waals surface area contributed by atoms with E-state index in [-0.39, 0.29) is 12.0 Å². The van der Waals surface area contributed by atoms with E-state index in [2.05, 4.69) is 32.6 Å². The molecule has 1 heteroatoms. The molecule has 2 atom stereocenters. The SMILES string of the molecule is C=C(CC)CC(O)C(CC)c1ccccc1. The maximum Gasteiger partial charge on any atom is 0.0645 e. The summed E-state index contributed by atoms with van der Waals surface area (Å²) in [6.07, 6.45) is 2.31. The average Bonchev–Trinajstić information content (AvgIpc) is 2.31. The lowest BCUT2D eigenvalue weighted by molar-refractivity contribution is 0.140. The first-order valence-corrected chi connectivity index (χ1v) is 6.08. The van der Waals surface area contributed by atoms with E-state index < -0.39 is 0 Å². The molecule has 88 valence electrons. The second kappa shape index (κ2) is 6.49. The van der Waals surface area contributed by atoms with Gasteiger partial charge in [-0.15, -0.1) is 0 Å². The van der Waals surface area contributed by atoms with Crippen molar-refractivity contribution in [1.29, 1.82) is 0 Å². The zero-order valence-corrected chi connectivity index (χ0v) is 10.3. The van der Waals surface area contributed by atoms with Gasteiger partial charge in [0.15, 0.2) is 0 Å². The van der Waals surface area contributed by atoms with Crippen molar-refractivity contribution in [1.82, 2.24) is 0 Å². The topological polar surface area (TPSA) is 20.2 Å². The van der Waals surface area contributed by atoms with Crippen molar-refractivity contribution in [2.45, 2.75) is 45.1 Å². The predicted molar refractivity (Wildman–Crippen MR) is 69.5 cm³/mol. The van der Waals surface area contributed by atoms with Gasteiger partial charge in [0.1, 0.15) is 0 Å². The summed E-state index contributed by atoms with van der Waals surface area (Å²) in [5.74, 6) is 0.226. The van der Waals surface area contributed by atoms with E-state index in [1.54, 1.807) is 0 Å². The third kappa shape index (κ3) is 3.49. The van der Waals surface area contributed by atoms with Crippen LogP contribution in [0.15, 0.2) is 42.5 Å². The minimum Gasteiger partial charge on any atom is -0.392 e. The zero-order chi connectivity index (χ0) is 12.0. The Balaban J connectivity index is 2.71. The van der Waals surface area contributed by atoms with Crippen LogP contribution in [0.2, 0.25) is 0 Å². The van der Waals surface area contributed by atoms with Gasteiger partial charge in [-0.3, -0.25) is 0 Å². The minimum absolute atomic E-state index is 0.226. The highest BCUT2D eigenvalue weighted by molar-refractivity contribution is 5.21. The van der Waals surface area contributed by atoms with Gasteiger partial charge in [-0.25, -0.2) is 0 Å². The van der Waals surface area contributed by atoms with Crippen molar-refractivity contribution < 1.29 is 5.11 Å². The standard InChI is InChI=1S/C15H22O/c1-4-12(3)11-15(16)14(5-2)13-9-7-6-8-10-13/h6-10,14-16H,3-5,11H2,1-2H3. The van der Waals surface area contributed by atoms with E-state index in [0.29, 0.717) is 6.42 Å². The van der Waals surface area contributed by atoms with Gasteiger partial charge in [-0.2, -0.15) is 0 Å². The molecule has 0 heterocycles. The normalized spacial score (nSPS) is 14.4. The lowest BCUT2D eigenvalue weighted by atomic mass is 9.87. The third-order valence-electron chi connectivity index (χ3n) is 3.13. The summed E-state index contributed by atoms with van der Waals surface area (Å²) in [6, 6.07) is 10.2. The lowest BCUT2D eigenvalue weighted by Crippen LogP contribution is -2.18. The predicted octanol–water partition coefficient (Wildman–Crippen LogP) is 3.90. The summed E-state index contributed by atoms with van der Waals surface area (Å²) >= 11 is 0. The van der Waals surface area contributed by atoms with Crippen LogP contribution in [-0.4, -0.2) is 11.2 Å². The zero-order valence-electron chi connectivity index (χ0n) is 10.3. The summed E-state index contributed by atoms with van der Waals surface area (Å²) in [7, 11) is 0. The van der Waals surface area contributed by atoms with Crippen LogP contribution in [0.4, 0.5) is 0 Å². The van der Waals surface area contributed by atoms with Crippen LogP contribution in [0.3, 0.4) is 0 Å². The fourth-order valence-corrected chi connectivity index (χ4v) is 2.01. The highest BCUT2D eigenvalue weighted by Gasteiger charge is 2.19. The number of benzene rings is 1. The molecule has 1 aromatic rings. The summed E-state index contributed by atoms with van der Waals surface area (Å²) in [4.78, 5) is 0. The molecule has 1 N–H and O–H groups in total. The Hall–Kier alpha value is -1.08. The first-order chi connectivity index (χ1) is 7.69. The van der Waals surface area contributed by atoms with Crippen LogP contribution in [0.1, 0.15) is 44.6 Å². The number of hydrogen-bond donors (Lipinski definition) is 1. The fourth-order valence-electron chi connectivity index (χ4n) is 2.01. The van der Waals surface area contributed by atoms with Gasteiger partial charge in [0, 0.05) is 5.92 Å². The smallest absolute Gasteiger partial charge is 0.0645 e. The molecular formula is C15H22O. The molecule has 0 aliphatic rings. The van der Waals surface area contributed by atoms with Crippen LogP contribution < -0.4 is 0 Å². The number of aliphatic hydroxyl groups excluding tert-OH is 1. The molecule has 0 bridgehead atoms. The van der Waals surface area contributed by atoms with E-state index in [1.165, 1.54) is 5.56 Å². The van der Waals surface area contributed by atoms with E-state index in [9.17, 15) is 5.11 Å². The quantitative estimate of drug-likeness (QED) is 0.718. The van der Waals surface area contributed by atoms with Crippen molar-refractivity contribution in [3.8, 4) is 0 Å². The van der Waals surface area contributed by atoms with Gasteiger partial charge in [0.05, 0.1) is 6.10 Å². The molecule has 0 aliphatic heterocycles. The van der Waals surface area contributed by atoms with E-state index >= 15 is 0 Å². The number of aliphatic hydroxyl groups is 1. The average molecular weight is 218 g/mol. The molecule has 0 spiro atoms. The molecule has 0 aromatic heterocycles. The summed E-state index contributed by atoms with van der Waals surface area (Å²) in [6.45, 7) is 8.17. The van der Waals surface area contributed by atoms with E-state index in [4.69, 9.17) is 0 Å². The van der Waals surface area contributed by atoms with E-state index in [1.807, 2.05) is 18.2 Å². The van der Waals surface area contributed by atoms with Gasteiger partial charge in [-0.1, -0.05) is 56.3 Å². The van der Waals surface area contributed by atoms with Gasteiger partial charge in [0.2, 0.25) is 0 Å². The van der Waals surface area contributed by atoms with Crippen LogP contribution in [0, 0.1) is 0 Å². The lowest BCUT2D eigenvalue weighted by Gasteiger charge is -2.22. The fraction of sp³-hybridized carbons (Fsp3) is 0.467. The van der Waals surface area contributed by atoms with Crippen molar-refractivity contribution in [3.63, 3.8) is 0 Å².